The first-order valence-electron chi connectivity index (χ1n) is 6.81. The van der Waals surface area contributed by atoms with Crippen LogP contribution in [-0.4, -0.2) is 0 Å². The van der Waals surface area contributed by atoms with E-state index in [0.717, 1.165) is 0 Å². The molecule has 0 bridgehead atoms. The van der Waals surface area contributed by atoms with Crippen LogP contribution in [0, 0.1) is 0 Å². The average molecular weight is 208 g/mol. The maximum atomic E-state index is 3.25. The molecule has 0 heteroatoms. The summed E-state index contributed by atoms with van der Waals surface area (Å²) in [5.74, 6) is 0. The van der Waals surface area contributed by atoms with E-state index in [4.69, 9.17) is 0 Å². The minimum Gasteiger partial charge on any atom is -0.130 e. The molecule has 15 heavy (non-hydrogen) atoms. The van der Waals surface area contributed by atoms with Gasteiger partial charge in [0, 0.05) is 0 Å². The summed E-state index contributed by atoms with van der Waals surface area (Å²) in [4.78, 5) is 0. The van der Waals surface area contributed by atoms with Gasteiger partial charge in [-0.1, -0.05) is 58.8 Å². The largest absolute Gasteiger partial charge is 0.130 e. The standard InChI is InChI=1S/C15H28/c1-3-5-7-9-11-13-15-14-12-10-8-6-4-2/h7,11H,3-6,8,10,12-15H2,1-2H3. The molecular weight excluding hydrogens is 180 g/mol. The quantitative estimate of drug-likeness (QED) is 0.322. The molecule has 88 valence electrons. The van der Waals surface area contributed by atoms with Gasteiger partial charge in [-0.15, -0.1) is 5.73 Å². The minimum absolute atomic E-state index is 1.17. The summed E-state index contributed by atoms with van der Waals surface area (Å²) in [5.41, 5.74) is 3.25. The predicted molar refractivity (Wildman–Crippen MR) is 70.2 cm³/mol. The molecule has 0 heterocycles. The summed E-state index contributed by atoms with van der Waals surface area (Å²) >= 11 is 0. The van der Waals surface area contributed by atoms with Crippen molar-refractivity contribution < 1.29 is 0 Å². The zero-order chi connectivity index (χ0) is 11.2. The second kappa shape index (κ2) is 13.5. The third-order valence-electron chi connectivity index (χ3n) is 2.62. The normalized spacial score (nSPS) is 9.73. The van der Waals surface area contributed by atoms with Crippen molar-refractivity contribution in [1.82, 2.24) is 0 Å². The summed E-state index contributed by atoms with van der Waals surface area (Å²) < 4.78 is 0. The van der Waals surface area contributed by atoms with Crippen LogP contribution in [0.4, 0.5) is 0 Å². The second-order valence-electron chi connectivity index (χ2n) is 4.27. The Morgan fingerprint density at radius 3 is 1.93 bits per heavy atom. The highest BCUT2D eigenvalue weighted by Crippen LogP contribution is 2.08. The molecule has 0 aromatic heterocycles. The van der Waals surface area contributed by atoms with Gasteiger partial charge in [-0.05, 0) is 31.4 Å². The van der Waals surface area contributed by atoms with Crippen LogP contribution >= 0.6 is 0 Å². The fraction of sp³-hybridized carbons (Fsp3) is 0.800. The number of hydrogen-bond acceptors (Lipinski definition) is 0. The molecule has 0 unspecified atom stereocenters. The highest BCUT2D eigenvalue weighted by molar-refractivity contribution is 4.84. The summed E-state index contributed by atoms with van der Waals surface area (Å²) in [7, 11) is 0. The first-order chi connectivity index (χ1) is 7.41. The van der Waals surface area contributed by atoms with Crippen molar-refractivity contribution in [1.29, 1.82) is 0 Å². The zero-order valence-electron chi connectivity index (χ0n) is 10.7. The number of hydrogen-bond donors (Lipinski definition) is 0. The van der Waals surface area contributed by atoms with E-state index in [1.165, 1.54) is 64.2 Å². The van der Waals surface area contributed by atoms with Crippen LogP contribution in [-0.2, 0) is 0 Å². The van der Waals surface area contributed by atoms with Gasteiger partial charge in [-0.2, -0.15) is 0 Å². The SMILES string of the molecule is CCCC=C=CCCCCCCCCC. The van der Waals surface area contributed by atoms with E-state index < -0.39 is 0 Å². The van der Waals surface area contributed by atoms with E-state index in [1.807, 2.05) is 0 Å². The van der Waals surface area contributed by atoms with Gasteiger partial charge in [-0.25, -0.2) is 0 Å². The zero-order valence-corrected chi connectivity index (χ0v) is 10.7. The van der Waals surface area contributed by atoms with Gasteiger partial charge < -0.3 is 0 Å². The van der Waals surface area contributed by atoms with Crippen molar-refractivity contribution in [3.8, 4) is 0 Å². The van der Waals surface area contributed by atoms with Crippen LogP contribution in [0.15, 0.2) is 17.9 Å². The third kappa shape index (κ3) is 13.5. The lowest BCUT2D eigenvalue weighted by molar-refractivity contribution is 0.592. The Balaban J connectivity index is 3.07. The number of allylic oxidation sites excluding steroid dienone is 1. The van der Waals surface area contributed by atoms with Gasteiger partial charge in [-0.3, -0.25) is 0 Å². The van der Waals surface area contributed by atoms with Crippen LogP contribution in [0.25, 0.3) is 0 Å². The van der Waals surface area contributed by atoms with Crippen LogP contribution in [0.5, 0.6) is 0 Å². The molecule has 0 atom stereocenters. The molecule has 0 fully saturated rings. The Morgan fingerprint density at radius 1 is 0.667 bits per heavy atom. The van der Waals surface area contributed by atoms with Gasteiger partial charge in [0.1, 0.15) is 0 Å². The van der Waals surface area contributed by atoms with E-state index in [-0.39, 0.29) is 0 Å². The predicted octanol–water partition coefficient (Wildman–Crippen LogP) is 5.64. The van der Waals surface area contributed by atoms with Crippen molar-refractivity contribution >= 4 is 0 Å². The monoisotopic (exact) mass is 208 g/mol. The summed E-state index contributed by atoms with van der Waals surface area (Å²) in [6.45, 7) is 4.47. The average Bonchev–Trinajstić information content (AvgIpc) is 2.26. The summed E-state index contributed by atoms with van der Waals surface area (Å²) in [6.07, 6.45) is 17.8. The fourth-order valence-corrected chi connectivity index (χ4v) is 1.60. The highest BCUT2D eigenvalue weighted by Gasteiger charge is 1.88. The Labute approximate surface area is 96.5 Å². The Bertz CT molecular complexity index is 161. The molecule has 0 saturated heterocycles. The van der Waals surface area contributed by atoms with Crippen LogP contribution in [0.3, 0.4) is 0 Å². The number of unbranched alkanes of at least 4 members (excludes halogenated alkanes) is 8. The van der Waals surface area contributed by atoms with Crippen LogP contribution < -0.4 is 0 Å². The smallest absolute Gasteiger partial charge is 0.0274 e. The van der Waals surface area contributed by atoms with Crippen molar-refractivity contribution in [2.75, 3.05) is 0 Å². The lowest BCUT2D eigenvalue weighted by Crippen LogP contribution is -1.78. The van der Waals surface area contributed by atoms with Gasteiger partial charge in [0.15, 0.2) is 0 Å². The van der Waals surface area contributed by atoms with Crippen molar-refractivity contribution in [2.45, 2.75) is 78.1 Å². The number of rotatable bonds is 10. The minimum atomic E-state index is 1.17. The lowest BCUT2D eigenvalue weighted by atomic mass is 10.1. The molecule has 0 aliphatic heterocycles. The first-order valence-corrected chi connectivity index (χ1v) is 6.81. The fourth-order valence-electron chi connectivity index (χ4n) is 1.60. The van der Waals surface area contributed by atoms with Crippen molar-refractivity contribution in [2.24, 2.45) is 0 Å². The highest BCUT2D eigenvalue weighted by atomic mass is 13.9. The van der Waals surface area contributed by atoms with Gasteiger partial charge >= 0.3 is 0 Å². The second-order valence-corrected chi connectivity index (χ2v) is 4.27. The molecule has 0 aliphatic rings. The van der Waals surface area contributed by atoms with Crippen LogP contribution in [0.1, 0.15) is 78.1 Å². The molecule has 0 saturated carbocycles. The van der Waals surface area contributed by atoms with Crippen molar-refractivity contribution in [3.05, 3.63) is 17.9 Å². The van der Waals surface area contributed by atoms with Gasteiger partial charge in [0.25, 0.3) is 0 Å². The molecule has 0 spiro atoms. The molecule has 0 aromatic carbocycles. The Morgan fingerprint density at radius 2 is 1.27 bits per heavy atom. The first kappa shape index (κ1) is 14.5. The van der Waals surface area contributed by atoms with E-state index in [1.54, 1.807) is 0 Å². The Kier molecular flexibility index (Phi) is 13.1. The van der Waals surface area contributed by atoms with Gasteiger partial charge in [0.05, 0.1) is 0 Å². The molecule has 0 rings (SSSR count). The molecule has 0 aliphatic carbocycles. The van der Waals surface area contributed by atoms with Gasteiger partial charge in [0.2, 0.25) is 0 Å². The third-order valence-corrected chi connectivity index (χ3v) is 2.62. The van der Waals surface area contributed by atoms with E-state index in [9.17, 15) is 0 Å². The summed E-state index contributed by atoms with van der Waals surface area (Å²) in [5, 5.41) is 0. The molecular formula is C15H28. The molecule has 0 N–H and O–H groups in total. The van der Waals surface area contributed by atoms with E-state index in [0.29, 0.717) is 0 Å². The van der Waals surface area contributed by atoms with Crippen LogP contribution in [0.2, 0.25) is 0 Å². The molecule has 0 radical (unpaired) electrons. The maximum absolute atomic E-state index is 3.25. The topological polar surface area (TPSA) is 0 Å². The van der Waals surface area contributed by atoms with E-state index in [2.05, 4.69) is 31.7 Å². The lowest BCUT2D eigenvalue weighted by Gasteiger charge is -1.98. The van der Waals surface area contributed by atoms with Crippen molar-refractivity contribution in [3.63, 3.8) is 0 Å². The Hall–Kier alpha value is -0.480. The maximum Gasteiger partial charge on any atom is -0.0274 e. The summed E-state index contributed by atoms with van der Waals surface area (Å²) in [6, 6.07) is 0. The molecule has 0 amide bonds. The van der Waals surface area contributed by atoms with E-state index >= 15 is 0 Å². The molecule has 0 nitrogen and oxygen atoms in total. The molecule has 0 aromatic rings.